The molecular formula is C19H29N3O2. The Morgan fingerprint density at radius 2 is 1.96 bits per heavy atom. The average molecular weight is 331 g/mol. The maximum absolute atomic E-state index is 13.2. The number of nitrogens with one attached hydrogen (secondary N) is 1. The highest BCUT2D eigenvalue weighted by Gasteiger charge is 2.41. The quantitative estimate of drug-likeness (QED) is 0.915. The lowest BCUT2D eigenvalue weighted by Crippen LogP contribution is -2.57. The van der Waals surface area contributed by atoms with E-state index in [0.29, 0.717) is 6.54 Å². The Labute approximate surface area is 145 Å². The summed E-state index contributed by atoms with van der Waals surface area (Å²) in [6.45, 7) is 7.58. The van der Waals surface area contributed by atoms with Crippen LogP contribution < -0.4 is 10.2 Å². The van der Waals surface area contributed by atoms with Crippen molar-refractivity contribution in [1.82, 2.24) is 10.2 Å². The van der Waals surface area contributed by atoms with Crippen LogP contribution >= 0.6 is 0 Å². The van der Waals surface area contributed by atoms with E-state index in [-0.39, 0.29) is 11.4 Å². The molecule has 2 saturated heterocycles. The molecule has 2 aliphatic rings. The molecule has 5 nitrogen and oxygen atoms in total. The summed E-state index contributed by atoms with van der Waals surface area (Å²) in [4.78, 5) is 17.5. The van der Waals surface area contributed by atoms with Crippen LogP contribution in [-0.2, 0) is 9.53 Å². The van der Waals surface area contributed by atoms with E-state index in [9.17, 15) is 4.79 Å². The molecule has 0 unspecified atom stereocenters. The molecule has 0 bridgehead atoms. The zero-order valence-corrected chi connectivity index (χ0v) is 14.7. The Hall–Kier alpha value is -1.59. The molecule has 0 radical (unpaired) electrons. The highest BCUT2D eigenvalue weighted by atomic mass is 16.5. The summed E-state index contributed by atoms with van der Waals surface area (Å²) < 4.78 is 5.57. The number of benzene rings is 1. The van der Waals surface area contributed by atoms with Crippen molar-refractivity contribution in [3.63, 3.8) is 0 Å². The van der Waals surface area contributed by atoms with Crippen molar-refractivity contribution in [1.29, 1.82) is 0 Å². The van der Waals surface area contributed by atoms with Crippen molar-refractivity contribution < 1.29 is 9.53 Å². The maximum Gasteiger partial charge on any atom is 0.242 e. The Morgan fingerprint density at radius 1 is 1.21 bits per heavy atom. The Morgan fingerprint density at radius 3 is 2.67 bits per heavy atom. The number of hydrogen-bond donors (Lipinski definition) is 1. The minimum atomic E-state index is -0.0189. The van der Waals surface area contributed by atoms with E-state index in [2.05, 4.69) is 34.2 Å². The number of anilines is 1. The normalized spacial score (nSPS) is 20.6. The highest BCUT2D eigenvalue weighted by Crippen LogP contribution is 2.32. The molecule has 2 heterocycles. The molecule has 1 aromatic rings. The third kappa shape index (κ3) is 3.73. The van der Waals surface area contributed by atoms with Gasteiger partial charge in [-0.25, -0.2) is 0 Å². The van der Waals surface area contributed by atoms with Gasteiger partial charge in [0, 0.05) is 44.1 Å². The van der Waals surface area contributed by atoms with Gasteiger partial charge in [-0.3, -0.25) is 4.79 Å². The molecule has 24 heavy (non-hydrogen) atoms. The van der Waals surface area contributed by atoms with Crippen LogP contribution in [0, 0.1) is 0 Å². The second-order valence-corrected chi connectivity index (χ2v) is 6.73. The topological polar surface area (TPSA) is 44.8 Å². The van der Waals surface area contributed by atoms with Crippen LogP contribution in [0.1, 0.15) is 26.2 Å². The van der Waals surface area contributed by atoms with Gasteiger partial charge in [0.15, 0.2) is 0 Å². The lowest BCUT2D eigenvalue weighted by Gasteiger charge is -2.46. The third-order valence-electron chi connectivity index (χ3n) is 5.41. The number of amides is 1. The lowest BCUT2D eigenvalue weighted by atomic mass is 9.84. The molecule has 2 aliphatic heterocycles. The smallest absolute Gasteiger partial charge is 0.242 e. The number of carbonyl (C=O) groups excluding carboxylic acids is 1. The molecule has 132 valence electrons. The summed E-state index contributed by atoms with van der Waals surface area (Å²) >= 11 is 0. The van der Waals surface area contributed by atoms with Crippen LogP contribution in [-0.4, -0.2) is 62.3 Å². The van der Waals surface area contributed by atoms with Gasteiger partial charge in [0.1, 0.15) is 0 Å². The number of para-hydroxylation sites is 1. The van der Waals surface area contributed by atoms with Crippen LogP contribution in [0.4, 0.5) is 5.69 Å². The minimum absolute atomic E-state index is 0.0189. The van der Waals surface area contributed by atoms with Gasteiger partial charge in [-0.05, 0) is 44.9 Å². The monoisotopic (exact) mass is 331 g/mol. The van der Waals surface area contributed by atoms with Crippen molar-refractivity contribution in [3.05, 3.63) is 30.3 Å². The van der Waals surface area contributed by atoms with Crippen LogP contribution in [0.15, 0.2) is 30.3 Å². The summed E-state index contributed by atoms with van der Waals surface area (Å²) in [5.41, 5.74) is 1.09. The number of nitrogens with zero attached hydrogens (tertiary/aromatic N) is 2. The Kier molecular flexibility index (Phi) is 5.74. The fourth-order valence-electron chi connectivity index (χ4n) is 3.94. The maximum atomic E-state index is 13.2. The number of likely N-dealkylation sites (N-methyl/N-ethyl adjacent to an activating group) is 1. The van der Waals surface area contributed by atoms with Crippen molar-refractivity contribution in [2.24, 2.45) is 0 Å². The summed E-state index contributed by atoms with van der Waals surface area (Å²) in [5.74, 6) is 0.242. The molecule has 0 aromatic heterocycles. The largest absolute Gasteiger partial charge is 0.381 e. The van der Waals surface area contributed by atoms with Gasteiger partial charge in [-0.15, -0.1) is 0 Å². The van der Waals surface area contributed by atoms with E-state index < -0.39 is 0 Å². The van der Waals surface area contributed by atoms with E-state index in [1.54, 1.807) is 0 Å². The zero-order chi connectivity index (χ0) is 16.8. The van der Waals surface area contributed by atoms with Gasteiger partial charge in [0.05, 0.1) is 6.54 Å². The standard InChI is InChI=1S/C19H29N3O2/c1-2-21(17-6-4-3-5-7-17)16-18(23)22-13-12-20-11-8-19(22)9-14-24-15-10-19/h3-7,20H,2,8-16H2,1H3. The van der Waals surface area contributed by atoms with Crippen LogP contribution in [0.5, 0.6) is 0 Å². The second-order valence-electron chi connectivity index (χ2n) is 6.73. The van der Waals surface area contributed by atoms with Gasteiger partial charge in [0.2, 0.25) is 5.91 Å². The van der Waals surface area contributed by atoms with E-state index in [1.165, 1.54) is 0 Å². The second kappa shape index (κ2) is 7.99. The van der Waals surface area contributed by atoms with Crippen molar-refractivity contribution >= 4 is 11.6 Å². The highest BCUT2D eigenvalue weighted by molar-refractivity contribution is 5.82. The molecule has 1 aromatic carbocycles. The van der Waals surface area contributed by atoms with E-state index >= 15 is 0 Å². The third-order valence-corrected chi connectivity index (χ3v) is 5.41. The van der Waals surface area contributed by atoms with E-state index in [4.69, 9.17) is 4.74 Å². The molecule has 1 amide bonds. The van der Waals surface area contributed by atoms with Crippen molar-refractivity contribution in [3.8, 4) is 0 Å². The van der Waals surface area contributed by atoms with Gasteiger partial charge in [-0.1, -0.05) is 18.2 Å². The predicted molar refractivity (Wildman–Crippen MR) is 96.3 cm³/mol. The summed E-state index contributed by atoms with van der Waals surface area (Å²) in [5, 5.41) is 3.45. The Bertz CT molecular complexity index is 529. The molecule has 0 atom stereocenters. The first-order valence-electron chi connectivity index (χ1n) is 9.14. The van der Waals surface area contributed by atoms with Gasteiger partial charge < -0.3 is 19.9 Å². The number of hydrogen-bond acceptors (Lipinski definition) is 4. The summed E-state index contributed by atoms with van der Waals surface area (Å²) in [6, 6.07) is 10.2. The first-order valence-corrected chi connectivity index (χ1v) is 9.14. The first-order chi connectivity index (χ1) is 11.7. The van der Waals surface area contributed by atoms with Crippen molar-refractivity contribution in [2.45, 2.75) is 31.7 Å². The molecule has 1 N–H and O–H groups in total. The molecule has 2 fully saturated rings. The number of carbonyl (C=O) groups is 1. The van der Waals surface area contributed by atoms with Gasteiger partial charge in [0.25, 0.3) is 0 Å². The van der Waals surface area contributed by atoms with Crippen LogP contribution in [0.2, 0.25) is 0 Å². The first kappa shape index (κ1) is 17.2. The SMILES string of the molecule is CCN(CC(=O)N1CCNCCC12CCOCC2)c1ccccc1. The number of rotatable bonds is 4. The number of ether oxygens (including phenoxy) is 1. The summed E-state index contributed by atoms with van der Waals surface area (Å²) in [6.07, 6.45) is 2.94. The fourth-order valence-corrected chi connectivity index (χ4v) is 3.94. The summed E-state index contributed by atoms with van der Waals surface area (Å²) in [7, 11) is 0. The molecule has 0 saturated carbocycles. The van der Waals surface area contributed by atoms with Crippen LogP contribution in [0.3, 0.4) is 0 Å². The zero-order valence-electron chi connectivity index (χ0n) is 14.7. The predicted octanol–water partition coefficient (Wildman–Crippen LogP) is 1.88. The van der Waals surface area contributed by atoms with Crippen molar-refractivity contribution in [2.75, 3.05) is 50.8 Å². The van der Waals surface area contributed by atoms with Gasteiger partial charge >= 0.3 is 0 Å². The minimum Gasteiger partial charge on any atom is -0.381 e. The molecule has 0 aliphatic carbocycles. The Balaban J connectivity index is 1.75. The molecule has 5 heteroatoms. The fraction of sp³-hybridized carbons (Fsp3) is 0.632. The van der Waals surface area contributed by atoms with E-state index in [1.807, 2.05) is 18.2 Å². The van der Waals surface area contributed by atoms with Crippen LogP contribution in [0.25, 0.3) is 0 Å². The average Bonchev–Trinajstić information content (AvgIpc) is 2.83. The lowest BCUT2D eigenvalue weighted by molar-refractivity contribution is -0.140. The molecule has 3 rings (SSSR count). The van der Waals surface area contributed by atoms with E-state index in [0.717, 1.165) is 64.3 Å². The molecular weight excluding hydrogens is 302 g/mol. The molecule has 1 spiro atoms. The van der Waals surface area contributed by atoms with Gasteiger partial charge in [-0.2, -0.15) is 0 Å².